The van der Waals surface area contributed by atoms with E-state index in [2.05, 4.69) is 5.32 Å². The van der Waals surface area contributed by atoms with Crippen LogP contribution in [0.3, 0.4) is 0 Å². The molecule has 1 aliphatic heterocycles. The van der Waals surface area contributed by atoms with Gasteiger partial charge in [0.05, 0.1) is 6.61 Å². The molecular weight excluding hydrogens is 137 g/mol. The number of halogens is 1. The fraction of sp³-hybridized carbons (Fsp3) is 0.833. The molecule has 0 aromatic rings. The lowest BCUT2D eigenvalue weighted by molar-refractivity contribution is -0.138. The molecule has 0 spiro atoms. The highest BCUT2D eigenvalue weighted by Crippen LogP contribution is 2.20. The van der Waals surface area contributed by atoms with Crippen LogP contribution in [0, 0.1) is 0 Å². The number of rotatable bonds is 1. The highest BCUT2D eigenvalue weighted by molar-refractivity contribution is 5.85. The number of hydrogen-bond donors (Lipinski definition) is 2. The molecule has 1 rings (SSSR count). The Hall–Kier alpha value is -0.640. The molecule has 1 atom stereocenters. The zero-order valence-corrected chi connectivity index (χ0v) is 5.56. The molecule has 1 amide bonds. The summed E-state index contributed by atoms with van der Waals surface area (Å²) in [6.45, 7) is -0.191. The van der Waals surface area contributed by atoms with E-state index in [0.717, 1.165) is 0 Å². The topological polar surface area (TPSA) is 49.3 Å². The van der Waals surface area contributed by atoms with Crippen molar-refractivity contribution in [3.8, 4) is 0 Å². The van der Waals surface area contributed by atoms with Crippen molar-refractivity contribution in [3.05, 3.63) is 0 Å². The zero-order valence-electron chi connectivity index (χ0n) is 5.56. The monoisotopic (exact) mass is 147 g/mol. The number of carbonyl (C=O) groups is 1. The number of alkyl halides is 1. The van der Waals surface area contributed by atoms with Gasteiger partial charge in [-0.05, 0) is 12.8 Å². The highest BCUT2D eigenvalue weighted by atomic mass is 19.1. The van der Waals surface area contributed by atoms with Crippen LogP contribution in [0.1, 0.15) is 12.8 Å². The first-order valence-electron chi connectivity index (χ1n) is 3.27. The van der Waals surface area contributed by atoms with Crippen LogP contribution in [-0.4, -0.2) is 29.8 Å². The van der Waals surface area contributed by atoms with Crippen molar-refractivity contribution in [2.75, 3.05) is 13.2 Å². The molecule has 4 heteroatoms. The van der Waals surface area contributed by atoms with E-state index in [0.29, 0.717) is 13.0 Å². The summed E-state index contributed by atoms with van der Waals surface area (Å²) in [7, 11) is 0. The van der Waals surface area contributed by atoms with Crippen LogP contribution in [0.5, 0.6) is 0 Å². The standard InChI is InChI=1S/C6H10FNO2/c7-6(4-9)2-1-3-8-5(6)10/h9H,1-4H2,(H,8,10). The first kappa shape index (κ1) is 7.47. The molecule has 0 saturated carbocycles. The van der Waals surface area contributed by atoms with Crippen molar-refractivity contribution in [1.29, 1.82) is 0 Å². The van der Waals surface area contributed by atoms with Gasteiger partial charge in [-0.25, -0.2) is 4.39 Å². The first-order chi connectivity index (χ1) is 4.69. The summed E-state index contributed by atoms with van der Waals surface area (Å²) < 4.78 is 13.0. The van der Waals surface area contributed by atoms with Crippen LogP contribution >= 0.6 is 0 Å². The van der Waals surface area contributed by atoms with Gasteiger partial charge in [-0.3, -0.25) is 4.79 Å². The highest BCUT2D eigenvalue weighted by Gasteiger charge is 2.39. The molecule has 0 aliphatic carbocycles. The first-order valence-corrected chi connectivity index (χ1v) is 3.27. The molecule has 1 fully saturated rings. The predicted octanol–water partition coefficient (Wildman–Crippen LogP) is -0.403. The predicted molar refractivity (Wildman–Crippen MR) is 33.2 cm³/mol. The fourth-order valence-electron chi connectivity index (χ4n) is 0.993. The Labute approximate surface area is 58.2 Å². The van der Waals surface area contributed by atoms with Gasteiger partial charge in [-0.1, -0.05) is 0 Å². The molecule has 10 heavy (non-hydrogen) atoms. The van der Waals surface area contributed by atoms with Gasteiger partial charge in [0, 0.05) is 6.54 Å². The van der Waals surface area contributed by atoms with Crippen LogP contribution < -0.4 is 5.32 Å². The normalized spacial score (nSPS) is 33.6. The smallest absolute Gasteiger partial charge is 0.260 e. The van der Waals surface area contributed by atoms with E-state index in [4.69, 9.17) is 5.11 Å². The molecule has 0 aromatic carbocycles. The molecule has 0 aromatic heterocycles. The number of hydrogen-bond acceptors (Lipinski definition) is 2. The lowest BCUT2D eigenvalue weighted by atomic mass is 9.96. The van der Waals surface area contributed by atoms with Crippen LogP contribution in [-0.2, 0) is 4.79 Å². The zero-order chi connectivity index (χ0) is 7.61. The van der Waals surface area contributed by atoms with Crippen molar-refractivity contribution in [3.63, 3.8) is 0 Å². The minimum atomic E-state index is -2.02. The number of aliphatic hydroxyl groups excluding tert-OH is 1. The van der Waals surface area contributed by atoms with Gasteiger partial charge < -0.3 is 10.4 Å². The molecule has 1 saturated heterocycles. The number of piperidine rings is 1. The Morgan fingerprint density at radius 2 is 2.50 bits per heavy atom. The van der Waals surface area contributed by atoms with Crippen LogP contribution in [0.2, 0.25) is 0 Å². The van der Waals surface area contributed by atoms with E-state index in [1.165, 1.54) is 0 Å². The average Bonchev–Trinajstić information content (AvgIpc) is 1.96. The summed E-state index contributed by atoms with van der Waals surface area (Å²) in [4.78, 5) is 10.7. The van der Waals surface area contributed by atoms with Gasteiger partial charge in [0.25, 0.3) is 5.91 Å². The third kappa shape index (κ3) is 1.11. The van der Waals surface area contributed by atoms with Gasteiger partial charge in [-0.15, -0.1) is 0 Å². The van der Waals surface area contributed by atoms with Crippen molar-refractivity contribution in [2.24, 2.45) is 0 Å². The minimum absolute atomic E-state index is 0.134. The number of nitrogens with one attached hydrogen (secondary N) is 1. The molecular formula is C6H10FNO2. The van der Waals surface area contributed by atoms with E-state index in [1.807, 2.05) is 0 Å². The third-order valence-electron chi connectivity index (χ3n) is 1.69. The average molecular weight is 147 g/mol. The SMILES string of the molecule is O=C1NCCCC1(F)CO. The van der Waals surface area contributed by atoms with Gasteiger partial charge in [0.15, 0.2) is 0 Å². The molecule has 2 N–H and O–H groups in total. The number of amides is 1. The molecule has 0 radical (unpaired) electrons. The maximum absolute atomic E-state index is 13.0. The quantitative estimate of drug-likeness (QED) is 0.530. The second-order valence-corrected chi connectivity index (χ2v) is 2.48. The summed E-state index contributed by atoms with van der Waals surface area (Å²) in [5.74, 6) is -0.679. The second-order valence-electron chi connectivity index (χ2n) is 2.48. The minimum Gasteiger partial charge on any atom is -0.392 e. The van der Waals surface area contributed by atoms with Crippen molar-refractivity contribution < 1.29 is 14.3 Å². The summed E-state index contributed by atoms with van der Waals surface area (Å²) in [5.41, 5.74) is -2.02. The Bertz CT molecular complexity index is 151. The Balaban J connectivity index is 2.63. The molecule has 3 nitrogen and oxygen atoms in total. The van der Waals surface area contributed by atoms with Gasteiger partial charge in [-0.2, -0.15) is 0 Å². The molecule has 1 aliphatic rings. The Morgan fingerprint density at radius 1 is 1.80 bits per heavy atom. The molecule has 58 valence electrons. The van der Waals surface area contributed by atoms with Crippen molar-refractivity contribution >= 4 is 5.91 Å². The summed E-state index contributed by atoms with van der Waals surface area (Å²) in [5, 5.41) is 10.8. The summed E-state index contributed by atoms with van der Waals surface area (Å²) in [6.07, 6.45) is 0.734. The largest absolute Gasteiger partial charge is 0.392 e. The maximum atomic E-state index is 13.0. The number of aliphatic hydroxyl groups is 1. The lowest BCUT2D eigenvalue weighted by Crippen LogP contribution is -2.50. The van der Waals surface area contributed by atoms with E-state index in [9.17, 15) is 9.18 Å². The maximum Gasteiger partial charge on any atom is 0.260 e. The van der Waals surface area contributed by atoms with Gasteiger partial charge in [0.1, 0.15) is 0 Å². The summed E-state index contributed by atoms with van der Waals surface area (Å²) in [6, 6.07) is 0. The van der Waals surface area contributed by atoms with Crippen LogP contribution in [0.25, 0.3) is 0 Å². The van der Waals surface area contributed by atoms with E-state index in [1.54, 1.807) is 0 Å². The van der Waals surface area contributed by atoms with Crippen LogP contribution in [0.4, 0.5) is 4.39 Å². The molecule has 1 unspecified atom stereocenters. The lowest BCUT2D eigenvalue weighted by Gasteiger charge is -2.26. The number of carbonyl (C=O) groups excluding carboxylic acids is 1. The van der Waals surface area contributed by atoms with E-state index >= 15 is 0 Å². The van der Waals surface area contributed by atoms with E-state index < -0.39 is 18.2 Å². The Kier molecular flexibility index (Phi) is 1.89. The van der Waals surface area contributed by atoms with Crippen LogP contribution in [0.15, 0.2) is 0 Å². The van der Waals surface area contributed by atoms with E-state index in [-0.39, 0.29) is 6.42 Å². The third-order valence-corrected chi connectivity index (χ3v) is 1.69. The molecule has 1 heterocycles. The van der Waals surface area contributed by atoms with Gasteiger partial charge >= 0.3 is 0 Å². The molecule has 0 bridgehead atoms. The van der Waals surface area contributed by atoms with Crippen molar-refractivity contribution in [1.82, 2.24) is 5.32 Å². The summed E-state index contributed by atoms with van der Waals surface area (Å²) >= 11 is 0. The van der Waals surface area contributed by atoms with Gasteiger partial charge in [0.2, 0.25) is 5.67 Å². The fourth-order valence-corrected chi connectivity index (χ4v) is 0.993. The second kappa shape index (κ2) is 2.54. The van der Waals surface area contributed by atoms with Crippen molar-refractivity contribution in [2.45, 2.75) is 18.5 Å². The Morgan fingerprint density at radius 3 is 2.90 bits per heavy atom.